The van der Waals surface area contributed by atoms with Gasteiger partial charge in [-0.1, -0.05) is 20.8 Å². The van der Waals surface area contributed by atoms with Gasteiger partial charge in [0, 0.05) is 42.5 Å². The summed E-state index contributed by atoms with van der Waals surface area (Å²) in [5, 5.41) is 22.6. The molecule has 2 unspecified atom stereocenters. The predicted octanol–water partition coefficient (Wildman–Crippen LogP) is 4.26. The molecular formula is C24H31N7O3. The Hall–Kier alpha value is -3.43. The highest BCUT2D eigenvalue weighted by molar-refractivity contribution is 5.74. The first-order valence-corrected chi connectivity index (χ1v) is 11.8. The van der Waals surface area contributed by atoms with Gasteiger partial charge in [-0.05, 0) is 43.1 Å². The van der Waals surface area contributed by atoms with Crippen LogP contribution in [0.15, 0.2) is 29.1 Å². The van der Waals surface area contributed by atoms with Crippen LogP contribution in [-0.4, -0.2) is 53.6 Å². The molecule has 10 heteroatoms. The fraction of sp³-hybridized carbons (Fsp3) is 0.542. The Labute approximate surface area is 198 Å². The van der Waals surface area contributed by atoms with Gasteiger partial charge < -0.3 is 20.2 Å². The highest BCUT2D eigenvalue weighted by Crippen LogP contribution is 2.38. The minimum atomic E-state index is -0.860. The van der Waals surface area contributed by atoms with E-state index in [1.54, 1.807) is 17.3 Å². The van der Waals surface area contributed by atoms with Crippen LogP contribution in [0.25, 0.3) is 22.6 Å². The maximum Gasteiger partial charge on any atom is 0.407 e. The van der Waals surface area contributed by atoms with Crippen LogP contribution in [0.3, 0.4) is 0 Å². The zero-order valence-corrected chi connectivity index (χ0v) is 19.8. The van der Waals surface area contributed by atoms with E-state index in [-0.39, 0.29) is 17.5 Å². The van der Waals surface area contributed by atoms with E-state index in [0.717, 1.165) is 24.0 Å². The quantitative estimate of drug-likeness (QED) is 0.570. The lowest BCUT2D eigenvalue weighted by Gasteiger charge is -2.44. The molecule has 0 bridgehead atoms. The highest BCUT2D eigenvalue weighted by Gasteiger charge is 2.39. The number of anilines is 1. The zero-order valence-electron chi connectivity index (χ0n) is 19.8. The zero-order chi connectivity index (χ0) is 24.0. The number of carbonyl (C=O) groups is 1. The minimum absolute atomic E-state index is 0.0800. The van der Waals surface area contributed by atoms with E-state index < -0.39 is 6.09 Å². The first kappa shape index (κ1) is 22.4. The van der Waals surface area contributed by atoms with Crippen molar-refractivity contribution in [2.75, 3.05) is 12.3 Å². The summed E-state index contributed by atoms with van der Waals surface area (Å²) in [5.74, 6) is 2.01. The molecule has 3 aromatic rings. The number of likely N-dealkylation sites (tertiary alicyclic amines) is 1. The fourth-order valence-electron chi connectivity index (χ4n) is 4.74. The smallest absolute Gasteiger partial charge is 0.407 e. The van der Waals surface area contributed by atoms with Gasteiger partial charge in [-0.25, -0.2) is 9.78 Å². The summed E-state index contributed by atoms with van der Waals surface area (Å²) < 4.78 is 7.80. The van der Waals surface area contributed by atoms with Crippen LogP contribution >= 0.6 is 0 Å². The molecule has 3 N–H and O–H groups in total. The Kier molecular flexibility index (Phi) is 5.53. The van der Waals surface area contributed by atoms with Crippen molar-refractivity contribution in [3.8, 4) is 22.6 Å². The van der Waals surface area contributed by atoms with Crippen LogP contribution in [0.1, 0.15) is 58.4 Å². The third-order valence-electron chi connectivity index (χ3n) is 6.91. The van der Waals surface area contributed by atoms with Gasteiger partial charge in [0.05, 0.1) is 17.8 Å². The molecule has 1 saturated heterocycles. The Morgan fingerprint density at radius 1 is 1.21 bits per heavy atom. The van der Waals surface area contributed by atoms with E-state index in [0.29, 0.717) is 42.0 Å². The number of carboxylic acid groups (broad SMARTS) is 1. The van der Waals surface area contributed by atoms with Gasteiger partial charge >= 0.3 is 6.09 Å². The van der Waals surface area contributed by atoms with Crippen molar-refractivity contribution in [2.24, 2.45) is 11.3 Å². The molecular weight excluding hydrogens is 434 g/mol. The standard InChI is InChI=1S/C24H31N7O3/c1-24(2,3)19-10-17(6-7-30(19)23(32)33)31-13-16(12-27-31)15-9-18(21(25)26-11-15)22-29-28-20(34-22)8-14-4-5-14/h9,11-14,17,19H,4-8,10H2,1-3H3,(H2,25,26)(H,32,33). The molecule has 10 nitrogen and oxygen atoms in total. The molecule has 1 saturated carbocycles. The van der Waals surface area contributed by atoms with Gasteiger partial charge in [-0.15, -0.1) is 10.2 Å². The van der Waals surface area contributed by atoms with E-state index >= 15 is 0 Å². The Morgan fingerprint density at radius 3 is 2.71 bits per heavy atom. The van der Waals surface area contributed by atoms with Crippen molar-refractivity contribution in [1.82, 2.24) is 29.9 Å². The van der Waals surface area contributed by atoms with Crippen LogP contribution in [0.4, 0.5) is 10.6 Å². The molecule has 2 fully saturated rings. The molecule has 34 heavy (non-hydrogen) atoms. The number of hydrogen-bond acceptors (Lipinski definition) is 7. The van der Waals surface area contributed by atoms with Crippen molar-refractivity contribution in [3.05, 3.63) is 30.5 Å². The van der Waals surface area contributed by atoms with Gasteiger partial charge in [0.25, 0.3) is 5.89 Å². The summed E-state index contributed by atoms with van der Waals surface area (Å²) in [6.07, 6.45) is 9.32. The van der Waals surface area contributed by atoms with Gasteiger partial charge in [-0.3, -0.25) is 4.68 Å². The lowest BCUT2D eigenvalue weighted by atomic mass is 9.79. The summed E-state index contributed by atoms with van der Waals surface area (Å²) >= 11 is 0. The van der Waals surface area contributed by atoms with E-state index in [2.05, 4.69) is 41.1 Å². The van der Waals surface area contributed by atoms with E-state index in [4.69, 9.17) is 10.2 Å². The molecule has 0 spiro atoms. The Morgan fingerprint density at radius 2 is 2.00 bits per heavy atom. The Balaban J connectivity index is 1.37. The fourth-order valence-corrected chi connectivity index (χ4v) is 4.74. The van der Waals surface area contributed by atoms with Gasteiger partial charge in [0.15, 0.2) is 0 Å². The SMILES string of the molecule is CC(C)(C)C1CC(n2cc(-c3cnc(N)c(-c4nnc(CC5CC5)o4)c3)cn2)CCN1C(=O)O. The second kappa shape index (κ2) is 8.41. The predicted molar refractivity (Wildman–Crippen MR) is 126 cm³/mol. The topological polar surface area (TPSA) is 136 Å². The maximum atomic E-state index is 11.7. The summed E-state index contributed by atoms with van der Waals surface area (Å²) in [4.78, 5) is 17.7. The number of rotatable bonds is 5. The molecule has 0 aromatic carbocycles. The van der Waals surface area contributed by atoms with Gasteiger partial charge in [0.2, 0.25) is 5.89 Å². The summed E-state index contributed by atoms with van der Waals surface area (Å²) in [6.45, 7) is 6.74. The number of pyridine rings is 1. The normalized spacial score (nSPS) is 21.1. The number of nitrogens with zero attached hydrogens (tertiary/aromatic N) is 6. The second-order valence-corrected chi connectivity index (χ2v) is 10.6. The van der Waals surface area contributed by atoms with Gasteiger partial charge in [-0.2, -0.15) is 5.10 Å². The monoisotopic (exact) mass is 465 g/mol. The average molecular weight is 466 g/mol. The number of aromatic nitrogens is 5. The third kappa shape index (κ3) is 4.49. The number of nitrogen functional groups attached to an aromatic ring is 1. The highest BCUT2D eigenvalue weighted by atomic mass is 16.4. The molecule has 2 aliphatic rings. The lowest BCUT2D eigenvalue weighted by molar-refractivity contribution is 0.0408. The molecule has 2 atom stereocenters. The first-order chi connectivity index (χ1) is 16.2. The number of amides is 1. The molecule has 180 valence electrons. The van der Waals surface area contributed by atoms with Crippen LogP contribution in [-0.2, 0) is 6.42 Å². The van der Waals surface area contributed by atoms with Gasteiger partial charge in [0.1, 0.15) is 5.82 Å². The van der Waals surface area contributed by atoms with Crippen LogP contribution in [0.2, 0.25) is 0 Å². The number of hydrogen-bond donors (Lipinski definition) is 2. The number of nitrogens with two attached hydrogens (primary N) is 1. The summed E-state index contributed by atoms with van der Waals surface area (Å²) in [5.41, 5.74) is 8.33. The molecule has 1 aliphatic carbocycles. The average Bonchev–Trinajstić information content (AvgIpc) is 3.27. The summed E-state index contributed by atoms with van der Waals surface area (Å²) in [6, 6.07) is 1.95. The van der Waals surface area contributed by atoms with E-state index in [1.807, 2.05) is 16.9 Å². The maximum absolute atomic E-state index is 11.7. The van der Waals surface area contributed by atoms with Crippen molar-refractivity contribution >= 4 is 11.9 Å². The minimum Gasteiger partial charge on any atom is -0.465 e. The molecule has 4 heterocycles. The lowest BCUT2D eigenvalue weighted by Crippen LogP contribution is -2.51. The van der Waals surface area contributed by atoms with E-state index in [1.165, 1.54) is 12.8 Å². The van der Waals surface area contributed by atoms with Crippen molar-refractivity contribution < 1.29 is 14.3 Å². The second-order valence-electron chi connectivity index (χ2n) is 10.6. The Bertz CT molecular complexity index is 1190. The van der Waals surface area contributed by atoms with Crippen molar-refractivity contribution in [3.63, 3.8) is 0 Å². The molecule has 1 amide bonds. The largest absolute Gasteiger partial charge is 0.465 e. The number of piperidine rings is 1. The third-order valence-corrected chi connectivity index (χ3v) is 6.91. The first-order valence-electron chi connectivity index (χ1n) is 11.8. The van der Waals surface area contributed by atoms with Crippen molar-refractivity contribution in [1.29, 1.82) is 0 Å². The van der Waals surface area contributed by atoms with Crippen molar-refractivity contribution in [2.45, 2.75) is 65.0 Å². The van der Waals surface area contributed by atoms with Crippen LogP contribution in [0.5, 0.6) is 0 Å². The molecule has 0 radical (unpaired) electrons. The van der Waals surface area contributed by atoms with Crippen LogP contribution < -0.4 is 5.73 Å². The summed E-state index contributed by atoms with van der Waals surface area (Å²) in [7, 11) is 0. The van der Waals surface area contributed by atoms with Crippen LogP contribution in [0, 0.1) is 11.3 Å². The van der Waals surface area contributed by atoms with E-state index in [9.17, 15) is 9.90 Å². The molecule has 3 aromatic heterocycles. The molecule has 5 rings (SSSR count). The molecule has 1 aliphatic heterocycles.